The van der Waals surface area contributed by atoms with Gasteiger partial charge in [0, 0.05) is 5.56 Å². The van der Waals surface area contributed by atoms with Crippen molar-refractivity contribution in [1.29, 1.82) is 0 Å². The molecule has 0 N–H and O–H groups in total. The number of rotatable bonds is 9. The van der Waals surface area contributed by atoms with Crippen LogP contribution in [0.5, 0.6) is 11.5 Å². The third-order valence-electron chi connectivity index (χ3n) is 4.02. The number of carbonyl (C=O) groups excluding carboxylic acids is 2. The first-order valence-electron chi connectivity index (χ1n) is 9.33. The summed E-state index contributed by atoms with van der Waals surface area (Å²) in [5.41, 5.74) is 1.27. The predicted octanol–water partition coefficient (Wildman–Crippen LogP) is 3.71. The SMILES string of the molecule is CCOC(=O)c1nn(-c2ccccc2)cc1OCC(=O)c1ccc(OCC)cc1. The molecule has 0 saturated carbocycles. The minimum absolute atomic E-state index is 0.0233. The molecule has 0 atom stereocenters. The number of hydrogen-bond acceptors (Lipinski definition) is 6. The summed E-state index contributed by atoms with van der Waals surface area (Å²) < 4.78 is 17.6. The third-order valence-corrected chi connectivity index (χ3v) is 4.02. The Balaban J connectivity index is 1.77. The first kappa shape index (κ1) is 20.1. The standard InChI is InChI=1S/C22H22N2O5/c1-3-27-18-12-10-16(11-13-18)19(25)15-29-20-14-24(17-8-6-5-7-9-17)23-21(20)22(26)28-4-2/h5-14H,3-4,15H2,1-2H3. The van der Waals surface area contributed by atoms with Gasteiger partial charge in [-0.2, -0.15) is 5.10 Å². The quantitative estimate of drug-likeness (QED) is 0.407. The van der Waals surface area contributed by atoms with E-state index in [9.17, 15) is 9.59 Å². The van der Waals surface area contributed by atoms with Gasteiger partial charge in [-0.05, 0) is 50.2 Å². The number of ketones is 1. The van der Waals surface area contributed by atoms with Crippen LogP contribution in [-0.4, -0.2) is 41.4 Å². The van der Waals surface area contributed by atoms with Crippen LogP contribution < -0.4 is 9.47 Å². The predicted molar refractivity (Wildman–Crippen MR) is 107 cm³/mol. The molecule has 29 heavy (non-hydrogen) atoms. The Labute approximate surface area is 168 Å². The van der Waals surface area contributed by atoms with Crippen molar-refractivity contribution >= 4 is 11.8 Å². The van der Waals surface area contributed by atoms with Gasteiger partial charge in [0.2, 0.25) is 5.69 Å². The Morgan fingerprint density at radius 3 is 2.31 bits per heavy atom. The number of carbonyl (C=O) groups is 2. The van der Waals surface area contributed by atoms with Gasteiger partial charge in [0.25, 0.3) is 0 Å². The number of Topliss-reactive ketones (excluding diaryl/α,β-unsaturated/α-hetero) is 1. The highest BCUT2D eigenvalue weighted by Gasteiger charge is 2.21. The summed E-state index contributed by atoms with van der Waals surface area (Å²) in [6.45, 7) is 4.13. The van der Waals surface area contributed by atoms with E-state index in [1.54, 1.807) is 37.4 Å². The molecule has 3 aromatic rings. The van der Waals surface area contributed by atoms with E-state index in [0.717, 1.165) is 5.69 Å². The molecule has 0 aliphatic heterocycles. The van der Waals surface area contributed by atoms with Crippen LogP contribution in [0.2, 0.25) is 0 Å². The highest BCUT2D eigenvalue weighted by atomic mass is 16.5. The maximum Gasteiger partial charge on any atom is 0.362 e. The number of aromatic nitrogens is 2. The summed E-state index contributed by atoms with van der Waals surface area (Å²) in [7, 11) is 0. The van der Waals surface area contributed by atoms with E-state index < -0.39 is 5.97 Å². The molecule has 0 aliphatic rings. The second-order valence-electron chi connectivity index (χ2n) is 6.01. The Bertz CT molecular complexity index is 965. The molecule has 0 amide bonds. The molecule has 1 aromatic heterocycles. The van der Waals surface area contributed by atoms with Gasteiger partial charge in [0.1, 0.15) is 5.75 Å². The summed E-state index contributed by atoms with van der Waals surface area (Å²) in [5, 5.41) is 4.27. The van der Waals surface area contributed by atoms with Gasteiger partial charge in [0.15, 0.2) is 18.1 Å². The summed E-state index contributed by atoms with van der Waals surface area (Å²) in [5.74, 6) is 0.0475. The van der Waals surface area contributed by atoms with Crippen molar-refractivity contribution in [2.45, 2.75) is 13.8 Å². The van der Waals surface area contributed by atoms with E-state index in [2.05, 4.69) is 5.10 Å². The second kappa shape index (κ2) is 9.54. The lowest BCUT2D eigenvalue weighted by Gasteiger charge is -2.06. The maximum atomic E-state index is 12.5. The zero-order chi connectivity index (χ0) is 20.6. The minimum Gasteiger partial charge on any atom is -0.494 e. The molecule has 7 nitrogen and oxygen atoms in total. The highest BCUT2D eigenvalue weighted by Crippen LogP contribution is 2.21. The van der Waals surface area contributed by atoms with Crippen molar-refractivity contribution in [3.8, 4) is 17.2 Å². The van der Waals surface area contributed by atoms with Crippen molar-refractivity contribution in [2.75, 3.05) is 19.8 Å². The van der Waals surface area contributed by atoms with Crippen LogP contribution in [0.25, 0.3) is 5.69 Å². The molecule has 0 aliphatic carbocycles. The van der Waals surface area contributed by atoms with Crippen molar-refractivity contribution < 1.29 is 23.8 Å². The largest absolute Gasteiger partial charge is 0.494 e. The van der Waals surface area contributed by atoms with Crippen LogP contribution in [0.3, 0.4) is 0 Å². The number of hydrogen-bond donors (Lipinski definition) is 0. The van der Waals surface area contributed by atoms with E-state index in [4.69, 9.17) is 14.2 Å². The fourth-order valence-electron chi connectivity index (χ4n) is 2.65. The summed E-state index contributed by atoms with van der Waals surface area (Å²) in [6, 6.07) is 16.1. The molecule has 2 aromatic carbocycles. The first-order valence-corrected chi connectivity index (χ1v) is 9.33. The minimum atomic E-state index is -0.606. The molecule has 7 heteroatoms. The van der Waals surface area contributed by atoms with Crippen LogP contribution >= 0.6 is 0 Å². The average Bonchev–Trinajstić information content (AvgIpc) is 3.18. The lowest BCUT2D eigenvalue weighted by Crippen LogP contribution is -2.14. The van der Waals surface area contributed by atoms with E-state index in [1.807, 2.05) is 37.3 Å². The zero-order valence-corrected chi connectivity index (χ0v) is 16.3. The molecule has 0 bridgehead atoms. The van der Waals surface area contributed by atoms with Crippen LogP contribution in [-0.2, 0) is 4.74 Å². The van der Waals surface area contributed by atoms with Gasteiger partial charge in [-0.15, -0.1) is 0 Å². The average molecular weight is 394 g/mol. The number of ether oxygens (including phenoxy) is 3. The molecular formula is C22H22N2O5. The molecule has 150 valence electrons. The molecular weight excluding hydrogens is 372 g/mol. The monoisotopic (exact) mass is 394 g/mol. The molecule has 0 unspecified atom stereocenters. The smallest absolute Gasteiger partial charge is 0.362 e. The fraction of sp³-hybridized carbons (Fsp3) is 0.227. The fourth-order valence-corrected chi connectivity index (χ4v) is 2.65. The van der Waals surface area contributed by atoms with E-state index in [-0.39, 0.29) is 30.4 Å². The molecule has 1 heterocycles. The molecule has 3 rings (SSSR count). The van der Waals surface area contributed by atoms with Gasteiger partial charge in [0.05, 0.1) is 25.1 Å². The number of nitrogens with zero attached hydrogens (tertiary/aromatic N) is 2. The van der Waals surface area contributed by atoms with Gasteiger partial charge in [-0.1, -0.05) is 18.2 Å². The summed E-state index contributed by atoms with van der Waals surface area (Å²) >= 11 is 0. The van der Waals surface area contributed by atoms with E-state index in [0.29, 0.717) is 17.9 Å². The van der Waals surface area contributed by atoms with Crippen LogP contribution in [0.1, 0.15) is 34.7 Å². The number of benzene rings is 2. The molecule has 0 fully saturated rings. The molecule has 0 saturated heterocycles. The number of esters is 1. The van der Waals surface area contributed by atoms with Crippen LogP contribution in [0, 0.1) is 0 Å². The van der Waals surface area contributed by atoms with Crippen molar-refractivity contribution in [3.05, 3.63) is 72.1 Å². The van der Waals surface area contributed by atoms with E-state index in [1.165, 1.54) is 4.68 Å². The Morgan fingerprint density at radius 2 is 1.66 bits per heavy atom. The normalized spacial score (nSPS) is 10.4. The van der Waals surface area contributed by atoms with Gasteiger partial charge < -0.3 is 14.2 Å². The van der Waals surface area contributed by atoms with Crippen molar-refractivity contribution in [1.82, 2.24) is 9.78 Å². The van der Waals surface area contributed by atoms with Gasteiger partial charge in [-0.25, -0.2) is 9.48 Å². The first-order chi connectivity index (χ1) is 14.1. The molecule has 0 spiro atoms. The lowest BCUT2D eigenvalue weighted by molar-refractivity contribution is 0.0513. The number of para-hydroxylation sites is 1. The second-order valence-corrected chi connectivity index (χ2v) is 6.01. The highest BCUT2D eigenvalue weighted by molar-refractivity contribution is 5.97. The van der Waals surface area contributed by atoms with Crippen molar-refractivity contribution in [2.24, 2.45) is 0 Å². The summed E-state index contributed by atoms with van der Waals surface area (Å²) in [6.07, 6.45) is 1.56. The Morgan fingerprint density at radius 1 is 0.931 bits per heavy atom. The zero-order valence-electron chi connectivity index (χ0n) is 16.3. The lowest BCUT2D eigenvalue weighted by atomic mass is 10.1. The molecule has 0 radical (unpaired) electrons. The van der Waals surface area contributed by atoms with Crippen LogP contribution in [0.4, 0.5) is 0 Å². The third kappa shape index (κ3) is 5.01. The topological polar surface area (TPSA) is 79.6 Å². The van der Waals surface area contributed by atoms with Gasteiger partial charge >= 0.3 is 5.97 Å². The maximum absolute atomic E-state index is 12.5. The Hall–Kier alpha value is -3.61. The van der Waals surface area contributed by atoms with E-state index >= 15 is 0 Å². The summed E-state index contributed by atoms with van der Waals surface area (Å²) in [4.78, 5) is 24.7. The Kier molecular flexibility index (Phi) is 6.63. The van der Waals surface area contributed by atoms with Crippen LogP contribution in [0.15, 0.2) is 60.8 Å². The van der Waals surface area contributed by atoms with Crippen molar-refractivity contribution in [3.63, 3.8) is 0 Å². The van der Waals surface area contributed by atoms with Gasteiger partial charge in [-0.3, -0.25) is 4.79 Å².